The molecular formula is C8H3BrF3NS. The number of hydrogen-bond acceptors (Lipinski definition) is 2. The molecule has 1 heterocycles. The van der Waals surface area contributed by atoms with Crippen molar-refractivity contribution in [2.45, 2.75) is 6.18 Å². The van der Waals surface area contributed by atoms with Crippen molar-refractivity contribution in [2.75, 3.05) is 0 Å². The van der Waals surface area contributed by atoms with Crippen molar-refractivity contribution in [1.29, 1.82) is 0 Å². The van der Waals surface area contributed by atoms with Crippen LogP contribution in [0.4, 0.5) is 13.2 Å². The predicted octanol–water partition coefficient (Wildman–Crippen LogP) is 4.08. The van der Waals surface area contributed by atoms with Gasteiger partial charge < -0.3 is 0 Å². The molecule has 0 atom stereocenters. The van der Waals surface area contributed by atoms with Crippen LogP contribution in [0.2, 0.25) is 0 Å². The standard InChI is InChI=1S/C8H3BrF3NS/c9-4-2-1-3-5-6(4)14-7(13-5)8(10,11)12/h1-3H. The second-order valence-corrected chi connectivity index (χ2v) is 4.46. The normalized spacial score (nSPS) is 12.3. The Morgan fingerprint density at radius 3 is 2.57 bits per heavy atom. The van der Waals surface area contributed by atoms with Gasteiger partial charge in [0.25, 0.3) is 0 Å². The number of nitrogens with zero attached hydrogens (tertiary/aromatic N) is 1. The molecule has 0 saturated carbocycles. The van der Waals surface area contributed by atoms with Gasteiger partial charge in [0.1, 0.15) is 0 Å². The molecule has 0 N–H and O–H groups in total. The van der Waals surface area contributed by atoms with Gasteiger partial charge in [0.2, 0.25) is 0 Å². The lowest BCUT2D eigenvalue weighted by atomic mass is 10.3. The molecule has 0 spiro atoms. The molecule has 0 fully saturated rings. The van der Waals surface area contributed by atoms with E-state index in [2.05, 4.69) is 20.9 Å². The highest BCUT2D eigenvalue weighted by atomic mass is 79.9. The van der Waals surface area contributed by atoms with Crippen LogP contribution < -0.4 is 0 Å². The third-order valence-corrected chi connectivity index (χ3v) is 3.68. The average Bonchev–Trinajstić information content (AvgIpc) is 2.48. The van der Waals surface area contributed by atoms with E-state index in [0.717, 1.165) is 0 Å². The van der Waals surface area contributed by atoms with Crippen LogP contribution in [0.3, 0.4) is 0 Å². The second kappa shape index (κ2) is 3.20. The number of rotatable bonds is 0. The zero-order valence-electron chi connectivity index (χ0n) is 6.60. The van der Waals surface area contributed by atoms with Gasteiger partial charge in [-0.15, -0.1) is 11.3 Å². The van der Waals surface area contributed by atoms with E-state index < -0.39 is 11.2 Å². The van der Waals surface area contributed by atoms with Gasteiger partial charge >= 0.3 is 6.18 Å². The molecule has 0 unspecified atom stereocenters. The van der Waals surface area contributed by atoms with Gasteiger partial charge in [0.05, 0.1) is 10.2 Å². The maximum absolute atomic E-state index is 12.3. The highest BCUT2D eigenvalue weighted by Gasteiger charge is 2.35. The molecule has 0 saturated heterocycles. The van der Waals surface area contributed by atoms with Crippen molar-refractivity contribution in [1.82, 2.24) is 4.98 Å². The van der Waals surface area contributed by atoms with Crippen LogP contribution in [-0.4, -0.2) is 4.98 Å². The number of aromatic nitrogens is 1. The molecule has 74 valence electrons. The minimum Gasteiger partial charge on any atom is -0.232 e. The summed E-state index contributed by atoms with van der Waals surface area (Å²) in [6.45, 7) is 0. The fourth-order valence-corrected chi connectivity index (χ4v) is 2.47. The highest BCUT2D eigenvalue weighted by molar-refractivity contribution is 9.10. The molecule has 14 heavy (non-hydrogen) atoms. The van der Waals surface area contributed by atoms with E-state index in [0.29, 0.717) is 26.0 Å². The Morgan fingerprint density at radius 2 is 2.00 bits per heavy atom. The first-order valence-corrected chi connectivity index (χ1v) is 5.21. The number of halogens is 4. The lowest BCUT2D eigenvalue weighted by Crippen LogP contribution is -2.03. The first kappa shape index (κ1) is 9.92. The molecule has 6 heteroatoms. The van der Waals surface area contributed by atoms with Gasteiger partial charge in [-0.25, -0.2) is 4.98 Å². The van der Waals surface area contributed by atoms with E-state index in [9.17, 15) is 13.2 Å². The Hall–Kier alpha value is -0.620. The van der Waals surface area contributed by atoms with Gasteiger partial charge in [-0.05, 0) is 28.1 Å². The van der Waals surface area contributed by atoms with Gasteiger partial charge in [0, 0.05) is 4.47 Å². The number of thiazole rings is 1. The molecule has 1 aromatic heterocycles. The monoisotopic (exact) mass is 281 g/mol. The Balaban J connectivity index is 2.69. The lowest BCUT2D eigenvalue weighted by molar-refractivity contribution is -0.137. The second-order valence-electron chi connectivity index (χ2n) is 2.60. The molecule has 0 radical (unpaired) electrons. The molecule has 2 rings (SSSR count). The van der Waals surface area contributed by atoms with Gasteiger partial charge in [-0.2, -0.15) is 13.2 Å². The van der Waals surface area contributed by atoms with E-state index in [1.54, 1.807) is 18.2 Å². The molecule has 2 aromatic rings. The molecule has 0 aliphatic rings. The number of benzene rings is 1. The minimum atomic E-state index is -4.36. The summed E-state index contributed by atoms with van der Waals surface area (Å²) >= 11 is 3.83. The Morgan fingerprint density at radius 1 is 1.29 bits per heavy atom. The van der Waals surface area contributed by atoms with Crippen LogP contribution in [0.15, 0.2) is 22.7 Å². The maximum Gasteiger partial charge on any atom is 0.443 e. The molecular weight excluding hydrogens is 279 g/mol. The van der Waals surface area contributed by atoms with Crippen LogP contribution in [0, 0.1) is 0 Å². The summed E-state index contributed by atoms with van der Waals surface area (Å²) in [6.07, 6.45) is -4.36. The minimum absolute atomic E-state index is 0.372. The Kier molecular flexibility index (Phi) is 2.27. The molecule has 1 aromatic carbocycles. The summed E-state index contributed by atoms with van der Waals surface area (Å²) < 4.78 is 38.0. The van der Waals surface area contributed by atoms with E-state index in [-0.39, 0.29) is 0 Å². The SMILES string of the molecule is FC(F)(F)c1nc2cccc(Br)c2s1. The van der Waals surface area contributed by atoms with Gasteiger partial charge in [-0.3, -0.25) is 0 Å². The topological polar surface area (TPSA) is 12.9 Å². The quantitative estimate of drug-likeness (QED) is 0.709. The van der Waals surface area contributed by atoms with Crippen LogP contribution in [-0.2, 0) is 6.18 Å². The van der Waals surface area contributed by atoms with Gasteiger partial charge in [-0.1, -0.05) is 6.07 Å². The first-order valence-electron chi connectivity index (χ1n) is 3.61. The smallest absolute Gasteiger partial charge is 0.232 e. The summed E-state index contributed by atoms with van der Waals surface area (Å²) in [5.41, 5.74) is 0.372. The summed E-state index contributed by atoms with van der Waals surface area (Å²) in [4.78, 5) is 3.51. The van der Waals surface area contributed by atoms with E-state index in [4.69, 9.17) is 0 Å². The van der Waals surface area contributed by atoms with Crippen molar-refractivity contribution in [3.8, 4) is 0 Å². The lowest BCUT2D eigenvalue weighted by Gasteiger charge is -1.98. The molecule has 0 aliphatic heterocycles. The summed E-state index contributed by atoms with van der Waals surface area (Å²) in [5, 5.41) is -0.806. The number of hydrogen-bond donors (Lipinski definition) is 0. The largest absolute Gasteiger partial charge is 0.443 e. The third kappa shape index (κ3) is 1.64. The zero-order valence-corrected chi connectivity index (χ0v) is 9.00. The van der Waals surface area contributed by atoms with Crippen molar-refractivity contribution in [3.05, 3.63) is 27.7 Å². The number of alkyl halides is 3. The van der Waals surface area contributed by atoms with Crippen molar-refractivity contribution >= 4 is 37.5 Å². The summed E-state index contributed by atoms with van der Waals surface area (Å²) in [5.74, 6) is 0. The maximum atomic E-state index is 12.3. The van der Waals surface area contributed by atoms with Crippen molar-refractivity contribution in [2.24, 2.45) is 0 Å². The van der Waals surface area contributed by atoms with Crippen molar-refractivity contribution < 1.29 is 13.2 Å². The zero-order chi connectivity index (χ0) is 10.3. The predicted molar refractivity (Wildman–Crippen MR) is 52.3 cm³/mol. The van der Waals surface area contributed by atoms with E-state index in [1.807, 2.05) is 0 Å². The fraction of sp³-hybridized carbons (Fsp3) is 0.125. The van der Waals surface area contributed by atoms with Crippen LogP contribution in [0.1, 0.15) is 5.01 Å². The molecule has 1 nitrogen and oxygen atoms in total. The Labute approximate surface area is 89.7 Å². The molecule has 0 amide bonds. The van der Waals surface area contributed by atoms with Crippen LogP contribution in [0.5, 0.6) is 0 Å². The number of fused-ring (bicyclic) bond motifs is 1. The highest BCUT2D eigenvalue weighted by Crippen LogP contribution is 2.37. The average molecular weight is 282 g/mol. The third-order valence-electron chi connectivity index (χ3n) is 1.61. The summed E-state index contributed by atoms with van der Waals surface area (Å²) in [6, 6.07) is 4.92. The van der Waals surface area contributed by atoms with E-state index >= 15 is 0 Å². The fourth-order valence-electron chi connectivity index (χ4n) is 1.04. The van der Waals surface area contributed by atoms with Crippen LogP contribution >= 0.6 is 27.3 Å². The Bertz CT molecular complexity index is 477. The summed E-state index contributed by atoms with van der Waals surface area (Å²) in [7, 11) is 0. The van der Waals surface area contributed by atoms with Gasteiger partial charge in [0.15, 0.2) is 5.01 Å². The molecule has 0 aliphatic carbocycles. The first-order chi connectivity index (χ1) is 6.48. The molecule has 0 bridgehead atoms. The van der Waals surface area contributed by atoms with Crippen LogP contribution in [0.25, 0.3) is 10.2 Å². The van der Waals surface area contributed by atoms with E-state index in [1.165, 1.54) is 0 Å². The van der Waals surface area contributed by atoms with Crippen molar-refractivity contribution in [3.63, 3.8) is 0 Å².